The van der Waals surface area contributed by atoms with Gasteiger partial charge in [0.15, 0.2) is 11.5 Å². The van der Waals surface area contributed by atoms with Gasteiger partial charge in [-0.2, -0.15) is 0 Å². The summed E-state index contributed by atoms with van der Waals surface area (Å²) < 4.78 is 29.3. The molecule has 1 atom stereocenters. The first kappa shape index (κ1) is 18.9. The summed E-state index contributed by atoms with van der Waals surface area (Å²) in [6.07, 6.45) is -1.21. The predicted octanol–water partition coefficient (Wildman–Crippen LogP) is 3.83. The van der Waals surface area contributed by atoms with Crippen molar-refractivity contribution in [1.29, 1.82) is 0 Å². The van der Waals surface area contributed by atoms with Gasteiger partial charge in [-0.25, -0.2) is 9.18 Å². The van der Waals surface area contributed by atoms with Crippen LogP contribution in [0.1, 0.15) is 26.9 Å². The number of amides is 1. The van der Waals surface area contributed by atoms with E-state index in [1.54, 1.807) is 35.7 Å². The number of halogens is 1. The number of carbonyl (C=O) groups is 2. The van der Waals surface area contributed by atoms with E-state index in [0.29, 0.717) is 21.9 Å². The highest BCUT2D eigenvalue weighted by atomic mass is 32.1. The lowest BCUT2D eigenvalue weighted by atomic mass is 10.1. The molecule has 148 valence electrons. The molecule has 0 saturated heterocycles. The molecule has 2 aromatic carbocycles. The standard InChI is InChI=1S/C21H16FNO5S/c22-15-6-4-14(5-7-15)19(28-21(25)18-2-1-9-29-18)20(24)23-11-13-3-8-16-17(10-13)27-12-26-16/h1-10,19H,11-12H2,(H,23,24). The minimum absolute atomic E-state index is 0.163. The zero-order valence-electron chi connectivity index (χ0n) is 15.1. The molecule has 0 bridgehead atoms. The van der Waals surface area contributed by atoms with Gasteiger partial charge in [-0.3, -0.25) is 4.79 Å². The van der Waals surface area contributed by atoms with Crippen molar-refractivity contribution in [2.24, 2.45) is 0 Å². The molecule has 1 amide bonds. The van der Waals surface area contributed by atoms with E-state index >= 15 is 0 Å². The predicted molar refractivity (Wildman–Crippen MR) is 103 cm³/mol. The summed E-state index contributed by atoms with van der Waals surface area (Å²) in [7, 11) is 0. The second-order valence-electron chi connectivity index (χ2n) is 6.22. The van der Waals surface area contributed by atoms with Crippen LogP contribution in [0.25, 0.3) is 0 Å². The van der Waals surface area contributed by atoms with Crippen LogP contribution in [-0.2, 0) is 16.1 Å². The lowest BCUT2D eigenvalue weighted by molar-refractivity contribution is -0.130. The molecule has 4 rings (SSSR count). The van der Waals surface area contributed by atoms with Crippen molar-refractivity contribution in [2.75, 3.05) is 6.79 Å². The fraction of sp³-hybridized carbons (Fsp3) is 0.143. The Kier molecular flexibility index (Phi) is 5.44. The number of nitrogens with one attached hydrogen (secondary N) is 1. The topological polar surface area (TPSA) is 73.9 Å². The molecular formula is C21H16FNO5S. The summed E-state index contributed by atoms with van der Waals surface area (Å²) in [5.74, 6) is -0.324. The molecule has 6 nitrogen and oxygen atoms in total. The molecule has 0 saturated carbocycles. The normalized spacial score (nSPS) is 13.0. The minimum atomic E-state index is -1.21. The van der Waals surface area contributed by atoms with E-state index in [9.17, 15) is 14.0 Å². The van der Waals surface area contributed by atoms with Gasteiger partial charge in [0.05, 0.1) is 0 Å². The van der Waals surface area contributed by atoms with E-state index in [4.69, 9.17) is 14.2 Å². The molecule has 0 fully saturated rings. The Morgan fingerprint density at radius 2 is 1.90 bits per heavy atom. The van der Waals surface area contributed by atoms with Gasteiger partial charge in [0.25, 0.3) is 5.91 Å². The van der Waals surface area contributed by atoms with Crippen LogP contribution in [0, 0.1) is 5.82 Å². The van der Waals surface area contributed by atoms with Crippen molar-refractivity contribution < 1.29 is 28.2 Å². The number of hydrogen-bond acceptors (Lipinski definition) is 6. The highest BCUT2D eigenvalue weighted by Crippen LogP contribution is 2.32. The van der Waals surface area contributed by atoms with Gasteiger partial charge in [0, 0.05) is 12.1 Å². The lowest BCUT2D eigenvalue weighted by Crippen LogP contribution is -2.31. The molecule has 0 radical (unpaired) electrons. The molecule has 1 unspecified atom stereocenters. The van der Waals surface area contributed by atoms with E-state index in [-0.39, 0.29) is 13.3 Å². The van der Waals surface area contributed by atoms with E-state index in [2.05, 4.69) is 5.32 Å². The quantitative estimate of drug-likeness (QED) is 0.622. The number of hydrogen-bond donors (Lipinski definition) is 1. The average Bonchev–Trinajstić information content (AvgIpc) is 3.42. The van der Waals surface area contributed by atoms with E-state index in [0.717, 1.165) is 5.56 Å². The summed E-state index contributed by atoms with van der Waals surface area (Å²) in [5.41, 5.74) is 1.17. The second kappa shape index (κ2) is 8.32. The Labute approximate surface area is 169 Å². The second-order valence-corrected chi connectivity index (χ2v) is 7.17. The lowest BCUT2D eigenvalue weighted by Gasteiger charge is -2.18. The van der Waals surface area contributed by atoms with Crippen LogP contribution >= 0.6 is 11.3 Å². The van der Waals surface area contributed by atoms with E-state index in [1.165, 1.54) is 35.6 Å². The van der Waals surface area contributed by atoms with Crippen molar-refractivity contribution in [1.82, 2.24) is 5.32 Å². The molecule has 1 aliphatic rings. The fourth-order valence-electron chi connectivity index (χ4n) is 2.80. The Balaban J connectivity index is 1.49. The average molecular weight is 413 g/mol. The molecule has 0 aliphatic carbocycles. The number of benzene rings is 2. The molecule has 29 heavy (non-hydrogen) atoms. The Bertz CT molecular complexity index is 1020. The van der Waals surface area contributed by atoms with Gasteiger partial charge in [-0.15, -0.1) is 11.3 Å². The minimum Gasteiger partial charge on any atom is -0.454 e. The summed E-state index contributed by atoms with van der Waals surface area (Å²) in [6, 6.07) is 13.9. The molecule has 3 aromatic rings. The van der Waals surface area contributed by atoms with Gasteiger partial charge in [-0.1, -0.05) is 24.3 Å². The van der Waals surface area contributed by atoms with Crippen molar-refractivity contribution >= 4 is 23.2 Å². The molecule has 2 heterocycles. The third kappa shape index (κ3) is 4.38. The highest BCUT2D eigenvalue weighted by molar-refractivity contribution is 7.11. The molecule has 1 aromatic heterocycles. The number of fused-ring (bicyclic) bond motifs is 1. The van der Waals surface area contributed by atoms with Gasteiger partial charge < -0.3 is 19.5 Å². The first-order chi connectivity index (χ1) is 14.1. The number of esters is 1. The maximum Gasteiger partial charge on any atom is 0.349 e. The van der Waals surface area contributed by atoms with Crippen molar-refractivity contribution in [3.63, 3.8) is 0 Å². The first-order valence-electron chi connectivity index (χ1n) is 8.76. The zero-order chi connectivity index (χ0) is 20.2. The van der Waals surface area contributed by atoms with Crippen molar-refractivity contribution in [2.45, 2.75) is 12.6 Å². The largest absolute Gasteiger partial charge is 0.454 e. The molecule has 8 heteroatoms. The SMILES string of the molecule is O=C(OC(C(=O)NCc1ccc2c(c1)OCO2)c1ccc(F)cc1)c1cccs1. The first-order valence-corrected chi connectivity index (χ1v) is 9.64. The van der Waals surface area contributed by atoms with Crippen LogP contribution in [0.4, 0.5) is 4.39 Å². The van der Waals surface area contributed by atoms with Crippen LogP contribution in [-0.4, -0.2) is 18.7 Å². The summed E-state index contributed by atoms with van der Waals surface area (Å²) in [6.45, 7) is 0.361. The van der Waals surface area contributed by atoms with Crippen LogP contribution in [0.5, 0.6) is 11.5 Å². The molecular weight excluding hydrogens is 397 g/mol. The Morgan fingerprint density at radius 3 is 2.66 bits per heavy atom. The fourth-order valence-corrected chi connectivity index (χ4v) is 3.41. The smallest absolute Gasteiger partial charge is 0.349 e. The number of carbonyl (C=O) groups excluding carboxylic acids is 2. The summed E-state index contributed by atoms with van der Waals surface area (Å²) in [5, 5.41) is 4.49. The van der Waals surface area contributed by atoms with E-state index < -0.39 is 23.8 Å². The molecule has 1 aliphatic heterocycles. The third-order valence-electron chi connectivity index (χ3n) is 4.26. The maximum absolute atomic E-state index is 13.3. The van der Waals surface area contributed by atoms with Crippen LogP contribution < -0.4 is 14.8 Å². The summed E-state index contributed by atoms with van der Waals surface area (Å²) >= 11 is 1.21. The molecule has 0 spiro atoms. The van der Waals surface area contributed by atoms with Crippen LogP contribution in [0.15, 0.2) is 60.0 Å². The zero-order valence-corrected chi connectivity index (χ0v) is 15.9. The van der Waals surface area contributed by atoms with Gasteiger partial charge in [0.1, 0.15) is 10.7 Å². The maximum atomic E-state index is 13.3. The summed E-state index contributed by atoms with van der Waals surface area (Å²) in [4.78, 5) is 25.5. The Hall–Kier alpha value is -3.39. The Morgan fingerprint density at radius 1 is 1.10 bits per heavy atom. The number of rotatable bonds is 6. The number of thiophene rings is 1. The third-order valence-corrected chi connectivity index (χ3v) is 5.11. The molecule has 1 N–H and O–H groups in total. The van der Waals surface area contributed by atoms with Crippen LogP contribution in [0.3, 0.4) is 0 Å². The van der Waals surface area contributed by atoms with Gasteiger partial charge >= 0.3 is 5.97 Å². The monoisotopic (exact) mass is 413 g/mol. The van der Waals surface area contributed by atoms with Crippen molar-refractivity contribution in [3.05, 3.63) is 81.8 Å². The van der Waals surface area contributed by atoms with E-state index in [1.807, 2.05) is 0 Å². The highest BCUT2D eigenvalue weighted by Gasteiger charge is 2.26. The number of ether oxygens (including phenoxy) is 3. The van der Waals surface area contributed by atoms with Crippen LogP contribution in [0.2, 0.25) is 0 Å². The van der Waals surface area contributed by atoms with Gasteiger partial charge in [0.2, 0.25) is 12.9 Å². The van der Waals surface area contributed by atoms with Gasteiger partial charge in [-0.05, 0) is 41.3 Å². The van der Waals surface area contributed by atoms with Crippen molar-refractivity contribution in [3.8, 4) is 11.5 Å².